The van der Waals surface area contributed by atoms with Gasteiger partial charge in [0.25, 0.3) is 11.4 Å². The second-order valence-electron chi connectivity index (χ2n) is 11.2. The zero-order valence-electron chi connectivity index (χ0n) is 25.5. The van der Waals surface area contributed by atoms with Crippen LogP contribution < -0.4 is 0 Å². The second-order valence-corrected chi connectivity index (χ2v) is 12.5. The highest BCUT2D eigenvalue weighted by Gasteiger charge is 2.60. The number of aliphatic hydroxyl groups is 1. The van der Waals surface area contributed by atoms with Gasteiger partial charge in [-0.1, -0.05) is 12.1 Å². The third kappa shape index (κ3) is 6.76. The largest absolute Gasteiger partial charge is 0.456 e. The molecule has 5 atom stereocenters. The predicted molar refractivity (Wildman–Crippen MR) is 165 cm³/mol. The normalized spacial score (nSPS) is 23.3. The summed E-state index contributed by atoms with van der Waals surface area (Å²) < 4.78 is 11.0. The number of aliphatic hydroxyl groups excluding tert-OH is 1. The molecule has 1 N–H and O–H groups in total. The van der Waals surface area contributed by atoms with Crippen molar-refractivity contribution < 1.29 is 43.6 Å². The van der Waals surface area contributed by atoms with E-state index in [0.717, 1.165) is 0 Å². The summed E-state index contributed by atoms with van der Waals surface area (Å²) in [4.78, 5) is 68.8. The molecule has 0 radical (unpaired) electrons. The molecule has 0 bridgehead atoms. The summed E-state index contributed by atoms with van der Waals surface area (Å²) in [6, 6.07) is 10.7. The van der Waals surface area contributed by atoms with Crippen LogP contribution in [0.3, 0.4) is 0 Å². The van der Waals surface area contributed by atoms with Crippen LogP contribution in [-0.2, 0) is 37.1 Å². The summed E-state index contributed by atoms with van der Waals surface area (Å²) in [6.07, 6.45) is -1.40. The van der Waals surface area contributed by atoms with Crippen LogP contribution >= 0.6 is 11.8 Å². The Kier molecular flexibility index (Phi) is 9.76. The van der Waals surface area contributed by atoms with E-state index in [-0.39, 0.29) is 60.3 Å². The number of amidine groups is 1. The average molecular weight is 670 g/mol. The number of benzene rings is 2. The molecule has 17 heteroatoms. The summed E-state index contributed by atoms with van der Waals surface area (Å²) in [6.45, 7) is 3.17. The summed E-state index contributed by atoms with van der Waals surface area (Å²) in [7, 11) is 1.33. The fraction of sp³-hybridized carbons (Fsp3) is 0.400. The minimum Gasteiger partial charge on any atom is -0.456 e. The van der Waals surface area contributed by atoms with E-state index >= 15 is 0 Å². The molecule has 0 aromatic heterocycles. The zero-order valence-corrected chi connectivity index (χ0v) is 26.3. The molecule has 2 aromatic carbocycles. The number of β-lactam (4-membered cyclic amide) rings is 1. The molecule has 3 aliphatic rings. The number of rotatable bonds is 11. The number of hydrogen-bond acceptors (Lipinski definition) is 13. The topological polar surface area (TPSA) is 204 Å². The van der Waals surface area contributed by atoms with Crippen LogP contribution in [0.1, 0.15) is 31.4 Å². The van der Waals surface area contributed by atoms with E-state index in [9.17, 15) is 39.7 Å². The Morgan fingerprint density at radius 3 is 2.09 bits per heavy atom. The lowest BCUT2D eigenvalue weighted by molar-refractivity contribution is -0.385. The van der Waals surface area contributed by atoms with Crippen molar-refractivity contribution >= 4 is 46.9 Å². The van der Waals surface area contributed by atoms with Gasteiger partial charge in [0.05, 0.1) is 27.9 Å². The molecule has 248 valence electrons. The van der Waals surface area contributed by atoms with Crippen molar-refractivity contribution in [3.05, 3.63) is 90.5 Å². The molecule has 1 unspecified atom stereocenters. The first-order valence-corrected chi connectivity index (χ1v) is 15.4. The average Bonchev–Trinajstić information content (AvgIpc) is 3.55. The molecule has 0 spiro atoms. The van der Waals surface area contributed by atoms with Crippen molar-refractivity contribution in [1.29, 1.82) is 0 Å². The van der Waals surface area contributed by atoms with Crippen LogP contribution in [0, 0.1) is 32.1 Å². The van der Waals surface area contributed by atoms with Crippen molar-refractivity contribution in [2.45, 2.75) is 50.9 Å². The van der Waals surface area contributed by atoms with E-state index in [1.54, 1.807) is 0 Å². The highest BCUT2D eigenvalue weighted by molar-refractivity contribution is 8.03. The van der Waals surface area contributed by atoms with Gasteiger partial charge in [-0.25, -0.2) is 9.59 Å². The number of fused-ring (bicyclic) bond motifs is 1. The quantitative estimate of drug-likeness (QED) is 0.157. The molecule has 3 heterocycles. The van der Waals surface area contributed by atoms with Crippen molar-refractivity contribution in [3.8, 4) is 0 Å². The van der Waals surface area contributed by atoms with E-state index < -0.39 is 45.9 Å². The Hall–Kier alpha value is -5.03. The van der Waals surface area contributed by atoms with Gasteiger partial charge in [0.15, 0.2) is 5.84 Å². The maximum absolute atomic E-state index is 13.5. The molecule has 5 rings (SSSR count). The third-order valence-corrected chi connectivity index (χ3v) is 9.62. The Bertz CT molecular complexity index is 1640. The first kappa shape index (κ1) is 33.3. The molecule has 2 fully saturated rings. The number of oxime groups is 1. The third-order valence-electron chi connectivity index (χ3n) is 8.15. The van der Waals surface area contributed by atoms with Gasteiger partial charge in [0.1, 0.15) is 26.0 Å². The van der Waals surface area contributed by atoms with Gasteiger partial charge in [-0.3, -0.25) is 29.9 Å². The van der Waals surface area contributed by atoms with Crippen LogP contribution in [-0.4, -0.2) is 79.6 Å². The number of carbonyl (C=O) groups excluding carboxylic acids is 3. The number of thioether (sulfide) groups is 1. The van der Waals surface area contributed by atoms with E-state index in [2.05, 4.69) is 5.16 Å². The van der Waals surface area contributed by atoms with Crippen LogP contribution in [0.25, 0.3) is 0 Å². The van der Waals surface area contributed by atoms with E-state index in [4.69, 9.17) is 14.3 Å². The van der Waals surface area contributed by atoms with Crippen molar-refractivity contribution in [1.82, 2.24) is 9.80 Å². The molecule has 2 saturated heterocycles. The Labute approximate surface area is 272 Å². The number of amides is 2. The Morgan fingerprint density at radius 1 is 1.02 bits per heavy atom. The number of nitro groups is 2. The smallest absolute Gasteiger partial charge is 0.415 e. The monoisotopic (exact) mass is 669 g/mol. The van der Waals surface area contributed by atoms with Gasteiger partial charge in [0, 0.05) is 53.3 Å². The van der Waals surface area contributed by atoms with Crippen LogP contribution in [0.2, 0.25) is 0 Å². The molecule has 2 aromatic rings. The number of nitro benzene ring substituents is 2. The number of ether oxygens (including phenoxy) is 2. The highest BCUT2D eigenvalue weighted by atomic mass is 32.2. The first-order chi connectivity index (χ1) is 22.4. The number of carbonyl (C=O) groups is 3. The van der Waals surface area contributed by atoms with Crippen molar-refractivity contribution in [2.75, 3.05) is 13.7 Å². The van der Waals surface area contributed by atoms with E-state index in [1.807, 2.05) is 6.92 Å². The fourth-order valence-corrected chi connectivity index (χ4v) is 7.32. The number of esters is 1. The maximum atomic E-state index is 13.5. The van der Waals surface area contributed by atoms with E-state index in [1.165, 1.54) is 84.1 Å². The molecule has 16 nitrogen and oxygen atoms in total. The lowest BCUT2D eigenvalue weighted by Gasteiger charge is -2.46. The second kappa shape index (κ2) is 13.8. The van der Waals surface area contributed by atoms with Gasteiger partial charge in [0.2, 0.25) is 5.91 Å². The van der Waals surface area contributed by atoms with Crippen LogP contribution in [0.15, 0.2) is 64.3 Å². The first-order valence-electron chi connectivity index (χ1n) is 14.5. The standard InChI is InChI=1S/C30H31N5O11S/c1-16-25-24(17(2)36)28(37)33(25)26(29(38)45-14-18-4-8-20(9-5-18)34(40)41)27(16)47-22-12-23(31-44-3)32(13-22)30(39)46-15-19-6-10-21(11-7-19)35(42)43/h4-11,16-17,22,24-25,36H,12-15H2,1-3H3/b31-23+/t16-,17?,22+,24-,25-/m1/s1. The van der Waals surface area contributed by atoms with Crippen molar-refractivity contribution in [3.63, 3.8) is 0 Å². The Morgan fingerprint density at radius 2 is 1.57 bits per heavy atom. The molecule has 0 saturated carbocycles. The number of non-ortho nitro benzene ring substituents is 2. The van der Waals surface area contributed by atoms with E-state index in [0.29, 0.717) is 16.0 Å². The maximum Gasteiger partial charge on any atom is 0.415 e. The summed E-state index contributed by atoms with van der Waals surface area (Å²) in [5.74, 6) is -1.93. The van der Waals surface area contributed by atoms with Gasteiger partial charge in [-0.15, -0.1) is 11.8 Å². The van der Waals surface area contributed by atoms with Gasteiger partial charge in [-0.05, 0) is 42.3 Å². The van der Waals surface area contributed by atoms with Crippen LogP contribution in [0.4, 0.5) is 16.2 Å². The molecular weight excluding hydrogens is 638 g/mol. The van der Waals surface area contributed by atoms with Crippen molar-refractivity contribution in [2.24, 2.45) is 17.0 Å². The van der Waals surface area contributed by atoms with Crippen LogP contribution in [0.5, 0.6) is 0 Å². The zero-order chi connectivity index (χ0) is 34.0. The number of nitrogens with zero attached hydrogens (tertiary/aromatic N) is 5. The number of hydrogen-bond donors (Lipinski definition) is 1. The minimum absolute atomic E-state index is 0.0562. The molecule has 3 aliphatic heterocycles. The fourth-order valence-electron chi connectivity index (χ4n) is 5.85. The summed E-state index contributed by atoms with van der Waals surface area (Å²) >= 11 is 1.30. The van der Waals surface area contributed by atoms with Gasteiger partial charge >= 0.3 is 12.1 Å². The van der Waals surface area contributed by atoms with Gasteiger partial charge in [-0.2, -0.15) is 0 Å². The van der Waals surface area contributed by atoms with Gasteiger partial charge < -0.3 is 24.3 Å². The molecule has 2 amide bonds. The molecular formula is C30H31N5O11S. The lowest BCUT2D eigenvalue weighted by atomic mass is 9.79. The lowest BCUT2D eigenvalue weighted by Crippen LogP contribution is -2.63. The highest BCUT2D eigenvalue weighted by Crippen LogP contribution is 2.52. The minimum atomic E-state index is -0.944. The SMILES string of the molecule is CO/N=C1\C[C@H](SC2=C(C(=O)OCc3ccc([N+](=O)[O-])cc3)N3C(=O)[C@H](C(C)O)[C@H]3[C@H]2C)CN1C(=O)OCc1ccc([N+](=O)[O-])cc1. The number of likely N-dealkylation sites (tertiary alicyclic amines) is 1. The Balaban J connectivity index is 1.32. The summed E-state index contributed by atoms with van der Waals surface area (Å²) in [5.41, 5.74) is 0.910. The predicted octanol–water partition coefficient (Wildman–Crippen LogP) is 3.72. The molecule has 47 heavy (non-hydrogen) atoms. The summed E-state index contributed by atoms with van der Waals surface area (Å²) in [5, 5.41) is 35.9. The molecule has 0 aliphatic carbocycles.